The minimum absolute atomic E-state index is 0.142. The van der Waals surface area contributed by atoms with E-state index in [1.54, 1.807) is 40.0 Å². The van der Waals surface area contributed by atoms with Crippen LogP contribution in [0.1, 0.15) is 44.7 Å². The number of alkyl carbamates (subject to hydrolysis) is 1. The molecule has 0 spiro atoms. The van der Waals surface area contributed by atoms with Crippen LogP contribution in [0.5, 0.6) is 5.75 Å². The van der Waals surface area contributed by atoms with E-state index in [-0.39, 0.29) is 18.9 Å². The minimum atomic E-state index is -0.902. The van der Waals surface area contributed by atoms with E-state index in [9.17, 15) is 14.4 Å². The third kappa shape index (κ3) is 7.73. The molecule has 1 fully saturated rings. The molecule has 1 heterocycles. The normalized spacial score (nSPS) is 16.3. The molecule has 2 atom stereocenters. The molecule has 8 heteroatoms. The number of ether oxygens (including phenoxy) is 3. The molecule has 2 aromatic carbocycles. The number of carbonyl (C=O) groups is 3. The number of carbonyl (C=O) groups excluding carboxylic acids is 3. The molecule has 0 radical (unpaired) electrons. The summed E-state index contributed by atoms with van der Waals surface area (Å²) in [5, 5.41) is 2.71. The van der Waals surface area contributed by atoms with Crippen LogP contribution >= 0.6 is 0 Å². The minimum Gasteiger partial charge on any atom is -0.497 e. The Hall–Kier alpha value is -3.55. The van der Waals surface area contributed by atoms with Gasteiger partial charge in [-0.15, -0.1) is 0 Å². The van der Waals surface area contributed by atoms with E-state index in [4.69, 9.17) is 14.2 Å². The van der Waals surface area contributed by atoms with Gasteiger partial charge in [0.25, 0.3) is 0 Å². The summed E-state index contributed by atoms with van der Waals surface area (Å²) < 4.78 is 16.1. The second-order valence-corrected chi connectivity index (χ2v) is 9.53. The maximum absolute atomic E-state index is 13.6. The van der Waals surface area contributed by atoms with E-state index in [1.807, 2.05) is 42.5 Å². The Labute approximate surface area is 206 Å². The number of hydrogen-bond donors (Lipinski definition) is 1. The van der Waals surface area contributed by atoms with Gasteiger partial charge in [0.05, 0.1) is 7.11 Å². The van der Waals surface area contributed by atoms with Crippen molar-refractivity contribution in [2.75, 3.05) is 13.7 Å². The van der Waals surface area contributed by atoms with Gasteiger partial charge in [0.2, 0.25) is 5.91 Å². The molecule has 0 bridgehead atoms. The Morgan fingerprint density at radius 3 is 2.34 bits per heavy atom. The van der Waals surface area contributed by atoms with Crippen molar-refractivity contribution in [3.63, 3.8) is 0 Å². The van der Waals surface area contributed by atoms with Gasteiger partial charge in [-0.3, -0.25) is 4.79 Å². The summed E-state index contributed by atoms with van der Waals surface area (Å²) >= 11 is 0. The molecule has 0 saturated carbocycles. The standard InChI is InChI=1S/C27H34N2O6/c1-27(2,3)35-26(32)28-22(17-19-12-14-21(33-4)15-13-19)24(30)29-16-8-11-23(29)25(31)34-18-20-9-6-5-7-10-20/h5-7,9-10,12-15,22-23H,8,11,16-18H2,1-4H3,(H,28,32)/t22-,23+/m1/s1. The molecular weight excluding hydrogens is 448 g/mol. The van der Waals surface area contributed by atoms with Crippen molar-refractivity contribution >= 4 is 18.0 Å². The average Bonchev–Trinajstić information content (AvgIpc) is 3.32. The van der Waals surface area contributed by atoms with Gasteiger partial charge in [0.15, 0.2) is 0 Å². The number of methoxy groups -OCH3 is 1. The topological polar surface area (TPSA) is 94.2 Å². The number of esters is 1. The van der Waals surface area contributed by atoms with Crippen molar-refractivity contribution in [3.05, 3.63) is 65.7 Å². The fourth-order valence-corrected chi connectivity index (χ4v) is 3.95. The van der Waals surface area contributed by atoms with Crippen LogP contribution in [0.15, 0.2) is 54.6 Å². The summed E-state index contributed by atoms with van der Waals surface area (Å²) in [5.74, 6) is -0.0940. The molecule has 3 rings (SSSR count). The van der Waals surface area contributed by atoms with Crippen LogP contribution in [0.4, 0.5) is 4.79 Å². The fraction of sp³-hybridized carbons (Fsp3) is 0.444. The van der Waals surface area contributed by atoms with Gasteiger partial charge in [-0.2, -0.15) is 0 Å². The number of amides is 2. The van der Waals surface area contributed by atoms with Crippen molar-refractivity contribution in [1.82, 2.24) is 10.2 Å². The van der Waals surface area contributed by atoms with Crippen molar-refractivity contribution in [2.45, 2.75) is 64.3 Å². The molecule has 0 aromatic heterocycles. The van der Waals surface area contributed by atoms with Crippen LogP contribution in [0, 0.1) is 0 Å². The largest absolute Gasteiger partial charge is 0.497 e. The summed E-state index contributed by atoms with van der Waals surface area (Å²) in [7, 11) is 1.58. The van der Waals surface area contributed by atoms with E-state index < -0.39 is 29.7 Å². The van der Waals surface area contributed by atoms with Crippen LogP contribution in [-0.2, 0) is 32.1 Å². The molecule has 1 aliphatic heterocycles. The fourth-order valence-electron chi connectivity index (χ4n) is 3.95. The quantitative estimate of drug-likeness (QED) is 0.574. The first-order chi connectivity index (χ1) is 16.7. The predicted octanol–water partition coefficient (Wildman–Crippen LogP) is 3.87. The van der Waals surface area contributed by atoms with Crippen molar-refractivity contribution in [2.24, 2.45) is 0 Å². The third-order valence-electron chi connectivity index (χ3n) is 5.62. The highest BCUT2D eigenvalue weighted by atomic mass is 16.6. The highest BCUT2D eigenvalue weighted by molar-refractivity contribution is 5.90. The maximum atomic E-state index is 13.6. The number of rotatable bonds is 8. The molecule has 1 N–H and O–H groups in total. The Balaban J connectivity index is 1.73. The van der Waals surface area contributed by atoms with Crippen LogP contribution in [0.3, 0.4) is 0 Å². The lowest BCUT2D eigenvalue weighted by Crippen LogP contribution is -2.53. The lowest BCUT2D eigenvalue weighted by molar-refractivity contribution is -0.155. The van der Waals surface area contributed by atoms with Crippen molar-refractivity contribution in [3.8, 4) is 5.75 Å². The van der Waals surface area contributed by atoms with Crippen LogP contribution in [0.25, 0.3) is 0 Å². The van der Waals surface area contributed by atoms with Gasteiger partial charge in [0.1, 0.15) is 30.0 Å². The van der Waals surface area contributed by atoms with Gasteiger partial charge in [-0.1, -0.05) is 42.5 Å². The Morgan fingerprint density at radius 2 is 1.71 bits per heavy atom. The molecule has 188 valence electrons. The number of nitrogens with zero attached hydrogens (tertiary/aromatic N) is 1. The van der Waals surface area contributed by atoms with Gasteiger partial charge < -0.3 is 24.4 Å². The molecule has 1 saturated heterocycles. The van der Waals surface area contributed by atoms with Gasteiger partial charge >= 0.3 is 12.1 Å². The molecule has 8 nitrogen and oxygen atoms in total. The van der Waals surface area contributed by atoms with Crippen molar-refractivity contribution < 1.29 is 28.6 Å². The zero-order valence-corrected chi connectivity index (χ0v) is 20.8. The molecule has 0 unspecified atom stereocenters. The second-order valence-electron chi connectivity index (χ2n) is 9.53. The van der Waals surface area contributed by atoms with E-state index in [0.29, 0.717) is 25.1 Å². The molecule has 35 heavy (non-hydrogen) atoms. The lowest BCUT2D eigenvalue weighted by atomic mass is 10.0. The highest BCUT2D eigenvalue weighted by Crippen LogP contribution is 2.22. The third-order valence-corrected chi connectivity index (χ3v) is 5.62. The first-order valence-corrected chi connectivity index (χ1v) is 11.8. The zero-order chi connectivity index (χ0) is 25.4. The summed E-state index contributed by atoms with van der Waals surface area (Å²) in [6.45, 7) is 5.83. The van der Waals surface area contributed by atoms with Gasteiger partial charge in [-0.25, -0.2) is 9.59 Å². The molecule has 2 aromatic rings. The van der Waals surface area contributed by atoms with Crippen LogP contribution in [-0.4, -0.2) is 54.2 Å². The van der Waals surface area contributed by atoms with Gasteiger partial charge in [-0.05, 0) is 56.9 Å². The molecular formula is C27H34N2O6. The summed E-state index contributed by atoms with van der Waals surface area (Å²) in [6.07, 6.45) is 0.746. The molecule has 0 aliphatic carbocycles. The zero-order valence-electron chi connectivity index (χ0n) is 20.8. The van der Waals surface area contributed by atoms with E-state index in [1.165, 1.54) is 4.90 Å². The first-order valence-electron chi connectivity index (χ1n) is 11.8. The lowest BCUT2D eigenvalue weighted by Gasteiger charge is -2.29. The van der Waals surface area contributed by atoms with E-state index in [0.717, 1.165) is 11.1 Å². The van der Waals surface area contributed by atoms with Crippen LogP contribution < -0.4 is 10.1 Å². The average molecular weight is 483 g/mol. The van der Waals surface area contributed by atoms with Crippen LogP contribution in [0.2, 0.25) is 0 Å². The maximum Gasteiger partial charge on any atom is 0.408 e. The predicted molar refractivity (Wildman–Crippen MR) is 131 cm³/mol. The number of hydrogen-bond acceptors (Lipinski definition) is 6. The summed E-state index contributed by atoms with van der Waals surface area (Å²) in [4.78, 5) is 40.5. The number of likely N-dealkylation sites (tertiary alicyclic amines) is 1. The molecule has 1 aliphatic rings. The van der Waals surface area contributed by atoms with E-state index in [2.05, 4.69) is 5.32 Å². The van der Waals surface area contributed by atoms with Crippen molar-refractivity contribution in [1.29, 1.82) is 0 Å². The molecule has 2 amide bonds. The van der Waals surface area contributed by atoms with Gasteiger partial charge in [0, 0.05) is 13.0 Å². The number of benzene rings is 2. The summed E-state index contributed by atoms with van der Waals surface area (Å²) in [5.41, 5.74) is 0.998. The Bertz CT molecular complexity index is 1000. The van der Waals surface area contributed by atoms with E-state index >= 15 is 0 Å². The Kier molecular flexibility index (Phi) is 8.73. The number of nitrogens with one attached hydrogen (secondary N) is 1. The smallest absolute Gasteiger partial charge is 0.408 e. The summed E-state index contributed by atoms with van der Waals surface area (Å²) in [6, 6.07) is 15.1. The SMILES string of the molecule is COc1ccc(C[C@@H](NC(=O)OC(C)(C)C)C(=O)N2CCC[C@H]2C(=O)OCc2ccccc2)cc1. The monoisotopic (exact) mass is 482 g/mol. The highest BCUT2D eigenvalue weighted by Gasteiger charge is 2.39. The second kappa shape index (κ2) is 11.7. The Morgan fingerprint density at radius 1 is 1.03 bits per heavy atom. The first kappa shape index (κ1) is 26.1.